The Bertz CT molecular complexity index is 787. The van der Waals surface area contributed by atoms with Crippen LogP contribution in [-0.4, -0.2) is 52.4 Å². The second-order valence-electron chi connectivity index (χ2n) is 6.95. The lowest BCUT2D eigenvalue weighted by atomic mass is 10.0. The number of aromatic nitrogens is 1. The van der Waals surface area contributed by atoms with Crippen LogP contribution >= 0.6 is 0 Å². The zero-order valence-corrected chi connectivity index (χ0v) is 15.4. The molecule has 136 valence electrons. The average molecular weight is 350 g/mol. The van der Waals surface area contributed by atoms with Crippen molar-refractivity contribution in [3.63, 3.8) is 0 Å². The number of carbonyl (C=O) groups is 1. The van der Waals surface area contributed by atoms with E-state index in [1.54, 1.807) is 12.3 Å². The smallest absolute Gasteiger partial charge is 0.254 e. The SMILES string of the molecule is C=CCN1C[C@@H](C)N(C(=O)c2ccc(-c3cc(N)ccn3)cc2)C[C@H]1C. The van der Waals surface area contributed by atoms with Gasteiger partial charge in [0.05, 0.1) is 5.69 Å². The number of nitrogens with zero attached hydrogens (tertiary/aromatic N) is 3. The molecule has 2 heterocycles. The zero-order valence-electron chi connectivity index (χ0n) is 15.4. The number of nitrogens with two attached hydrogens (primary N) is 1. The van der Waals surface area contributed by atoms with Crippen LogP contribution in [0.5, 0.6) is 0 Å². The van der Waals surface area contributed by atoms with E-state index in [9.17, 15) is 4.79 Å². The number of benzene rings is 1. The van der Waals surface area contributed by atoms with E-state index < -0.39 is 0 Å². The van der Waals surface area contributed by atoms with E-state index in [0.29, 0.717) is 17.3 Å². The molecule has 2 aromatic rings. The first-order valence-electron chi connectivity index (χ1n) is 8.97. The van der Waals surface area contributed by atoms with Crippen molar-refractivity contribution >= 4 is 11.6 Å². The number of amides is 1. The molecule has 2 atom stereocenters. The van der Waals surface area contributed by atoms with E-state index in [1.807, 2.05) is 41.3 Å². The molecule has 26 heavy (non-hydrogen) atoms. The molecule has 1 amide bonds. The Labute approximate surface area is 155 Å². The van der Waals surface area contributed by atoms with Crippen molar-refractivity contribution in [1.29, 1.82) is 0 Å². The third-order valence-electron chi connectivity index (χ3n) is 4.95. The quantitative estimate of drug-likeness (QED) is 0.861. The Morgan fingerprint density at radius 1 is 1.23 bits per heavy atom. The maximum Gasteiger partial charge on any atom is 0.254 e. The summed E-state index contributed by atoms with van der Waals surface area (Å²) in [4.78, 5) is 21.6. The van der Waals surface area contributed by atoms with Gasteiger partial charge in [0.25, 0.3) is 5.91 Å². The molecule has 1 aliphatic heterocycles. The third kappa shape index (κ3) is 3.78. The molecular formula is C21H26N4O. The van der Waals surface area contributed by atoms with Gasteiger partial charge in [-0.15, -0.1) is 6.58 Å². The minimum absolute atomic E-state index is 0.0784. The molecule has 2 N–H and O–H groups in total. The Kier molecular flexibility index (Phi) is 5.38. The second kappa shape index (κ2) is 7.70. The highest BCUT2D eigenvalue weighted by molar-refractivity contribution is 5.95. The molecular weight excluding hydrogens is 324 g/mol. The Balaban J connectivity index is 1.75. The van der Waals surface area contributed by atoms with Gasteiger partial charge in [0.1, 0.15) is 0 Å². The van der Waals surface area contributed by atoms with Crippen molar-refractivity contribution in [3.05, 3.63) is 60.8 Å². The van der Waals surface area contributed by atoms with Crippen LogP contribution in [0.2, 0.25) is 0 Å². The van der Waals surface area contributed by atoms with Crippen LogP contribution in [0.25, 0.3) is 11.3 Å². The number of anilines is 1. The molecule has 0 radical (unpaired) electrons. The van der Waals surface area contributed by atoms with Gasteiger partial charge in [0, 0.05) is 54.7 Å². The summed E-state index contributed by atoms with van der Waals surface area (Å²) in [5.74, 6) is 0.0784. The first-order chi connectivity index (χ1) is 12.5. The molecule has 3 rings (SSSR count). The molecule has 1 fully saturated rings. The van der Waals surface area contributed by atoms with Crippen LogP contribution in [0.4, 0.5) is 5.69 Å². The van der Waals surface area contributed by atoms with Crippen LogP contribution < -0.4 is 5.73 Å². The summed E-state index contributed by atoms with van der Waals surface area (Å²) in [5.41, 5.74) is 8.96. The third-order valence-corrected chi connectivity index (χ3v) is 4.95. The van der Waals surface area contributed by atoms with Gasteiger partial charge >= 0.3 is 0 Å². The Morgan fingerprint density at radius 2 is 1.96 bits per heavy atom. The highest BCUT2D eigenvalue weighted by Gasteiger charge is 2.31. The summed E-state index contributed by atoms with van der Waals surface area (Å²) >= 11 is 0. The number of pyridine rings is 1. The molecule has 1 aromatic heterocycles. The van der Waals surface area contributed by atoms with Gasteiger partial charge < -0.3 is 10.6 Å². The van der Waals surface area contributed by atoms with Gasteiger partial charge in [-0.25, -0.2) is 0 Å². The lowest BCUT2D eigenvalue weighted by molar-refractivity contribution is 0.0355. The molecule has 5 heteroatoms. The molecule has 1 aromatic carbocycles. The monoisotopic (exact) mass is 350 g/mol. The summed E-state index contributed by atoms with van der Waals surface area (Å²) in [7, 11) is 0. The van der Waals surface area contributed by atoms with E-state index in [-0.39, 0.29) is 11.9 Å². The van der Waals surface area contributed by atoms with Gasteiger partial charge in [-0.2, -0.15) is 0 Å². The van der Waals surface area contributed by atoms with Crippen molar-refractivity contribution in [1.82, 2.24) is 14.8 Å². The van der Waals surface area contributed by atoms with Gasteiger partial charge in [-0.1, -0.05) is 18.2 Å². The molecule has 1 saturated heterocycles. The number of carbonyl (C=O) groups excluding carboxylic acids is 1. The van der Waals surface area contributed by atoms with Crippen LogP contribution in [-0.2, 0) is 0 Å². The predicted octanol–water partition coefficient (Wildman–Crippen LogP) is 3.05. The number of rotatable bonds is 4. The molecule has 0 aliphatic carbocycles. The van der Waals surface area contributed by atoms with Crippen molar-refractivity contribution < 1.29 is 4.79 Å². The first-order valence-corrected chi connectivity index (χ1v) is 8.97. The second-order valence-corrected chi connectivity index (χ2v) is 6.95. The van der Waals surface area contributed by atoms with Gasteiger partial charge in [-0.3, -0.25) is 14.7 Å². The van der Waals surface area contributed by atoms with E-state index in [1.165, 1.54) is 0 Å². The minimum Gasteiger partial charge on any atom is -0.399 e. The van der Waals surface area contributed by atoms with Gasteiger partial charge in [0.15, 0.2) is 0 Å². The fraction of sp³-hybridized carbons (Fsp3) is 0.333. The van der Waals surface area contributed by atoms with E-state index >= 15 is 0 Å². The number of hydrogen-bond acceptors (Lipinski definition) is 4. The van der Waals surface area contributed by atoms with Crippen molar-refractivity contribution in [2.45, 2.75) is 25.9 Å². The Morgan fingerprint density at radius 3 is 2.62 bits per heavy atom. The molecule has 5 nitrogen and oxygen atoms in total. The fourth-order valence-corrected chi connectivity index (χ4v) is 3.46. The summed E-state index contributed by atoms with van der Waals surface area (Å²) in [5, 5.41) is 0. The zero-order chi connectivity index (χ0) is 18.7. The van der Waals surface area contributed by atoms with Crippen LogP contribution in [0.15, 0.2) is 55.3 Å². The molecule has 0 saturated carbocycles. The summed E-state index contributed by atoms with van der Waals surface area (Å²) in [6, 6.07) is 11.7. The number of piperazine rings is 1. The van der Waals surface area contributed by atoms with Crippen molar-refractivity contribution in [3.8, 4) is 11.3 Å². The summed E-state index contributed by atoms with van der Waals surface area (Å²) < 4.78 is 0. The first kappa shape index (κ1) is 18.1. The number of nitrogen functional groups attached to an aromatic ring is 1. The van der Waals surface area contributed by atoms with Crippen molar-refractivity contribution in [2.75, 3.05) is 25.4 Å². The molecule has 0 spiro atoms. The van der Waals surface area contributed by atoms with E-state index in [2.05, 4.69) is 30.3 Å². The Hall–Kier alpha value is -2.66. The molecule has 1 aliphatic rings. The summed E-state index contributed by atoms with van der Waals surface area (Å²) in [6.07, 6.45) is 3.61. The van der Waals surface area contributed by atoms with Gasteiger partial charge in [0.2, 0.25) is 0 Å². The highest BCUT2D eigenvalue weighted by Crippen LogP contribution is 2.22. The number of hydrogen-bond donors (Lipinski definition) is 1. The lowest BCUT2D eigenvalue weighted by Crippen LogP contribution is -2.57. The summed E-state index contributed by atoms with van der Waals surface area (Å²) in [6.45, 7) is 10.5. The maximum absolute atomic E-state index is 13.0. The molecule has 0 unspecified atom stereocenters. The van der Waals surface area contributed by atoms with Crippen LogP contribution in [0.1, 0.15) is 24.2 Å². The van der Waals surface area contributed by atoms with E-state index in [0.717, 1.165) is 30.9 Å². The van der Waals surface area contributed by atoms with Crippen LogP contribution in [0.3, 0.4) is 0 Å². The average Bonchev–Trinajstić information content (AvgIpc) is 2.64. The highest BCUT2D eigenvalue weighted by atomic mass is 16.2. The van der Waals surface area contributed by atoms with Crippen molar-refractivity contribution in [2.24, 2.45) is 0 Å². The normalized spacial score (nSPS) is 20.8. The van der Waals surface area contributed by atoms with Crippen LogP contribution in [0, 0.1) is 0 Å². The topological polar surface area (TPSA) is 62.5 Å². The minimum atomic E-state index is 0.0784. The standard InChI is InChI=1S/C21H26N4O/c1-4-11-24-13-16(3)25(14-15(24)2)21(26)18-7-5-17(6-8-18)20-12-19(22)9-10-23-20/h4-10,12,15-16H,1,11,13-14H2,2-3H3,(H2,22,23)/t15-,16-/m1/s1. The fourth-order valence-electron chi connectivity index (χ4n) is 3.46. The van der Waals surface area contributed by atoms with Gasteiger partial charge in [-0.05, 0) is 38.1 Å². The maximum atomic E-state index is 13.0. The largest absolute Gasteiger partial charge is 0.399 e. The molecule has 0 bridgehead atoms. The van der Waals surface area contributed by atoms with E-state index in [4.69, 9.17) is 5.73 Å². The predicted molar refractivity (Wildman–Crippen MR) is 106 cm³/mol. The lowest BCUT2D eigenvalue weighted by Gasteiger charge is -2.43.